The number of hydrogen-bond donors (Lipinski definition) is 1. The van der Waals surface area contributed by atoms with Crippen LogP contribution in [0.5, 0.6) is 0 Å². The largest absolute Gasteiger partial charge is 0.353 e. The molecule has 0 fully saturated rings. The van der Waals surface area contributed by atoms with Crippen LogP contribution in [0.4, 0.5) is 5.69 Å². The molecule has 1 N–H and O–H groups in total. The molecule has 1 aromatic carbocycles. The third-order valence-electron chi connectivity index (χ3n) is 4.00. The average molecular weight is 330 g/mol. The number of para-hydroxylation sites is 1. The molecule has 23 heavy (non-hydrogen) atoms. The summed E-state index contributed by atoms with van der Waals surface area (Å²) in [4.78, 5) is 16.8. The molecule has 2 heterocycles. The first-order valence-corrected chi connectivity index (χ1v) is 9.09. The van der Waals surface area contributed by atoms with Gasteiger partial charge in [-0.2, -0.15) is 5.10 Å². The Hall–Kier alpha value is -1.82. The lowest BCUT2D eigenvalue weighted by Gasteiger charge is -2.29. The fourth-order valence-electron chi connectivity index (χ4n) is 2.93. The third-order valence-corrected chi connectivity index (χ3v) is 4.94. The van der Waals surface area contributed by atoms with E-state index in [2.05, 4.69) is 28.4 Å². The van der Waals surface area contributed by atoms with Crippen LogP contribution in [0.2, 0.25) is 0 Å². The molecule has 1 aromatic rings. The normalized spacial score (nSPS) is 19.8. The van der Waals surface area contributed by atoms with Crippen LogP contribution < -0.4 is 5.32 Å². The number of carbonyl (C=O) groups excluding carboxylic acids is 1. The van der Waals surface area contributed by atoms with E-state index in [-0.39, 0.29) is 18.0 Å². The van der Waals surface area contributed by atoms with Gasteiger partial charge >= 0.3 is 0 Å². The molecule has 5 nitrogen and oxygen atoms in total. The number of rotatable bonds is 5. The van der Waals surface area contributed by atoms with E-state index >= 15 is 0 Å². The second-order valence-corrected chi connectivity index (χ2v) is 6.84. The molecule has 6 heteroatoms. The first-order valence-electron chi connectivity index (χ1n) is 8.10. The van der Waals surface area contributed by atoms with Crippen molar-refractivity contribution in [3.8, 4) is 0 Å². The summed E-state index contributed by atoms with van der Waals surface area (Å²) in [5.74, 6) is 0.422. The Kier molecular flexibility index (Phi) is 5.00. The predicted octanol–water partition coefficient (Wildman–Crippen LogP) is 3.46. The van der Waals surface area contributed by atoms with E-state index in [1.54, 1.807) is 0 Å². The van der Waals surface area contributed by atoms with Gasteiger partial charge in [0.1, 0.15) is 0 Å². The molecule has 3 rings (SSSR count). The molecule has 0 bridgehead atoms. The molecule has 1 amide bonds. The molecule has 2 aliphatic heterocycles. The number of benzene rings is 1. The summed E-state index contributed by atoms with van der Waals surface area (Å²) >= 11 is 1.46. The lowest BCUT2D eigenvalue weighted by atomic mass is 10.0. The minimum Gasteiger partial charge on any atom is -0.353 e. The maximum absolute atomic E-state index is 12.1. The van der Waals surface area contributed by atoms with Crippen molar-refractivity contribution in [2.75, 3.05) is 5.75 Å². The van der Waals surface area contributed by atoms with Crippen molar-refractivity contribution >= 4 is 34.7 Å². The summed E-state index contributed by atoms with van der Waals surface area (Å²) in [6.45, 7) is 4.17. The van der Waals surface area contributed by atoms with E-state index in [4.69, 9.17) is 0 Å². The molecule has 0 saturated carbocycles. The second-order valence-electron chi connectivity index (χ2n) is 5.89. The number of hydrazone groups is 1. The highest BCUT2D eigenvalue weighted by molar-refractivity contribution is 8.14. The molecule has 2 atom stereocenters. The molecule has 0 saturated heterocycles. The Morgan fingerprint density at radius 3 is 3.13 bits per heavy atom. The van der Waals surface area contributed by atoms with Gasteiger partial charge in [0, 0.05) is 24.2 Å². The van der Waals surface area contributed by atoms with Gasteiger partial charge in [-0.15, -0.1) is 0 Å². The van der Waals surface area contributed by atoms with Crippen molar-refractivity contribution in [3.63, 3.8) is 0 Å². The van der Waals surface area contributed by atoms with Crippen LogP contribution in [0.1, 0.15) is 44.7 Å². The van der Waals surface area contributed by atoms with Crippen molar-refractivity contribution in [3.05, 3.63) is 29.8 Å². The number of carbonyl (C=O) groups is 1. The molecule has 0 aliphatic carbocycles. The van der Waals surface area contributed by atoms with E-state index in [1.165, 1.54) is 17.3 Å². The van der Waals surface area contributed by atoms with Crippen LogP contribution in [-0.4, -0.2) is 34.1 Å². The van der Waals surface area contributed by atoms with E-state index in [9.17, 15) is 4.79 Å². The zero-order chi connectivity index (χ0) is 16.2. The number of fused-ring (bicyclic) bond motifs is 3. The zero-order valence-electron chi connectivity index (χ0n) is 13.5. The molecular weight excluding hydrogens is 308 g/mol. The maximum atomic E-state index is 12.1. The van der Waals surface area contributed by atoms with Gasteiger partial charge in [0.25, 0.3) is 0 Å². The highest BCUT2D eigenvalue weighted by atomic mass is 32.2. The Labute approximate surface area is 141 Å². The minimum atomic E-state index is 0.0530. The summed E-state index contributed by atoms with van der Waals surface area (Å²) in [5, 5.41) is 10.2. The highest BCUT2D eigenvalue weighted by Crippen LogP contribution is 2.40. The Balaban J connectivity index is 1.67. The third kappa shape index (κ3) is 3.58. The standard InChI is InChI=1S/C17H22N4OS/c1-3-6-12(2)19-16(22)11-23-17-20-14-8-5-4-7-13(14)15-9-10-18-21(15)17/h4-5,7-8,10,12,15H,3,6,9,11H2,1-2H3,(H,19,22). The minimum absolute atomic E-state index is 0.0530. The topological polar surface area (TPSA) is 57.1 Å². The zero-order valence-corrected chi connectivity index (χ0v) is 14.3. The van der Waals surface area contributed by atoms with Crippen LogP contribution in [0.25, 0.3) is 0 Å². The van der Waals surface area contributed by atoms with E-state index in [1.807, 2.05) is 36.3 Å². The average Bonchev–Trinajstić information content (AvgIpc) is 3.03. The van der Waals surface area contributed by atoms with Crippen LogP contribution in [-0.2, 0) is 4.79 Å². The second kappa shape index (κ2) is 7.17. The molecule has 2 unspecified atom stereocenters. The number of hydrogen-bond acceptors (Lipinski definition) is 5. The number of nitrogens with one attached hydrogen (secondary N) is 1. The molecule has 0 aromatic heterocycles. The van der Waals surface area contributed by atoms with Gasteiger partial charge in [0.15, 0.2) is 5.17 Å². The van der Waals surface area contributed by atoms with Crippen molar-refractivity contribution in [1.29, 1.82) is 0 Å². The van der Waals surface area contributed by atoms with Gasteiger partial charge in [-0.1, -0.05) is 43.3 Å². The first-order chi connectivity index (χ1) is 11.2. The molecule has 122 valence electrons. The number of thioether (sulfide) groups is 1. The molecular formula is C17H22N4OS. The summed E-state index contributed by atoms with van der Waals surface area (Å²) in [6, 6.07) is 8.59. The van der Waals surface area contributed by atoms with Gasteiger partial charge in [-0.3, -0.25) is 4.79 Å². The predicted molar refractivity (Wildman–Crippen MR) is 96.2 cm³/mol. The van der Waals surface area contributed by atoms with Crippen molar-refractivity contribution in [2.45, 2.75) is 45.2 Å². The van der Waals surface area contributed by atoms with Crippen molar-refractivity contribution in [1.82, 2.24) is 10.3 Å². The molecule has 0 spiro atoms. The van der Waals surface area contributed by atoms with Gasteiger partial charge < -0.3 is 5.32 Å². The number of amidine groups is 1. The summed E-state index contributed by atoms with van der Waals surface area (Å²) in [5.41, 5.74) is 2.19. The first kappa shape index (κ1) is 16.1. The van der Waals surface area contributed by atoms with E-state index in [0.29, 0.717) is 5.75 Å². The van der Waals surface area contributed by atoms with Gasteiger partial charge in [0.05, 0.1) is 17.5 Å². The van der Waals surface area contributed by atoms with Crippen molar-refractivity contribution in [2.24, 2.45) is 10.1 Å². The maximum Gasteiger partial charge on any atom is 0.230 e. The summed E-state index contributed by atoms with van der Waals surface area (Å²) in [6.07, 6.45) is 4.88. The molecule has 0 radical (unpaired) electrons. The van der Waals surface area contributed by atoms with Crippen LogP contribution >= 0.6 is 11.8 Å². The molecule has 2 aliphatic rings. The highest BCUT2D eigenvalue weighted by Gasteiger charge is 2.32. The van der Waals surface area contributed by atoms with Crippen molar-refractivity contribution < 1.29 is 4.79 Å². The fraction of sp³-hybridized carbons (Fsp3) is 0.471. The lowest BCUT2D eigenvalue weighted by molar-refractivity contribution is -0.119. The van der Waals surface area contributed by atoms with Gasteiger partial charge in [-0.05, 0) is 19.4 Å². The number of amides is 1. The summed E-state index contributed by atoms with van der Waals surface area (Å²) < 4.78 is 0. The van der Waals surface area contributed by atoms with Gasteiger partial charge in [0.2, 0.25) is 5.91 Å². The van der Waals surface area contributed by atoms with Crippen LogP contribution in [0.3, 0.4) is 0 Å². The summed E-state index contributed by atoms with van der Waals surface area (Å²) in [7, 11) is 0. The quantitative estimate of drug-likeness (QED) is 0.899. The van der Waals surface area contributed by atoms with E-state index < -0.39 is 0 Å². The Morgan fingerprint density at radius 2 is 2.30 bits per heavy atom. The lowest BCUT2D eigenvalue weighted by Crippen LogP contribution is -2.35. The smallest absolute Gasteiger partial charge is 0.230 e. The van der Waals surface area contributed by atoms with Gasteiger partial charge in [-0.25, -0.2) is 10.0 Å². The number of aliphatic imine (C=N–C) groups is 1. The monoisotopic (exact) mass is 330 g/mol. The Morgan fingerprint density at radius 1 is 1.48 bits per heavy atom. The fourth-order valence-corrected chi connectivity index (χ4v) is 3.75. The number of nitrogens with zero attached hydrogens (tertiary/aromatic N) is 3. The van der Waals surface area contributed by atoms with E-state index in [0.717, 1.165) is 30.1 Å². The van der Waals surface area contributed by atoms with Crippen LogP contribution in [0, 0.1) is 0 Å². The van der Waals surface area contributed by atoms with Crippen LogP contribution in [0.15, 0.2) is 34.4 Å². The Bertz CT molecular complexity index is 643. The SMILES string of the molecule is CCCC(C)NC(=O)CSC1=Nc2ccccc2C2CC=NN12.